The summed E-state index contributed by atoms with van der Waals surface area (Å²) in [5, 5.41) is 0. The van der Waals surface area contributed by atoms with E-state index in [9.17, 15) is 4.79 Å². The van der Waals surface area contributed by atoms with Gasteiger partial charge in [-0.25, -0.2) is 4.98 Å². The van der Waals surface area contributed by atoms with Crippen LogP contribution in [0.25, 0.3) is 0 Å². The molecule has 0 spiro atoms. The highest BCUT2D eigenvalue weighted by atomic mass is 16.5. The lowest BCUT2D eigenvalue weighted by molar-refractivity contribution is 0.101. The number of nitrogens with one attached hydrogen (secondary N) is 1. The molecule has 1 aliphatic rings. The molecule has 1 N–H and O–H groups in total. The third-order valence-electron chi connectivity index (χ3n) is 2.59. The summed E-state index contributed by atoms with van der Waals surface area (Å²) >= 11 is 0. The third-order valence-corrected chi connectivity index (χ3v) is 2.59. The first kappa shape index (κ1) is 10.3. The predicted molar refractivity (Wildman–Crippen MR) is 53.6 cm³/mol. The fourth-order valence-corrected chi connectivity index (χ4v) is 1.57. The normalized spacial score (nSPS) is 17.2. The van der Waals surface area contributed by atoms with Crippen molar-refractivity contribution < 1.29 is 9.47 Å². The molecule has 0 bridgehead atoms. The Kier molecular flexibility index (Phi) is 2.83. The monoisotopic (exact) mass is 210 g/mol. The van der Waals surface area contributed by atoms with Crippen LogP contribution in [0.1, 0.15) is 30.1 Å². The molecule has 5 heteroatoms. The van der Waals surface area contributed by atoms with Gasteiger partial charge in [-0.15, -0.1) is 0 Å². The minimum absolute atomic E-state index is 0.112. The van der Waals surface area contributed by atoms with Gasteiger partial charge in [-0.05, 0) is 6.92 Å². The van der Waals surface area contributed by atoms with Gasteiger partial charge in [0.15, 0.2) is 0 Å². The van der Waals surface area contributed by atoms with Crippen molar-refractivity contribution in [2.75, 3.05) is 13.7 Å². The van der Waals surface area contributed by atoms with E-state index in [4.69, 9.17) is 9.47 Å². The maximum Gasteiger partial charge on any atom is 0.256 e. The first-order valence-corrected chi connectivity index (χ1v) is 4.95. The summed E-state index contributed by atoms with van der Waals surface area (Å²) < 4.78 is 10.3. The van der Waals surface area contributed by atoms with Crippen molar-refractivity contribution in [1.29, 1.82) is 0 Å². The van der Waals surface area contributed by atoms with E-state index in [-0.39, 0.29) is 11.7 Å². The van der Waals surface area contributed by atoms with Crippen LogP contribution in [0, 0.1) is 0 Å². The first-order chi connectivity index (χ1) is 7.22. The van der Waals surface area contributed by atoms with Gasteiger partial charge in [0.05, 0.1) is 24.5 Å². The van der Waals surface area contributed by atoms with Crippen LogP contribution in [0.15, 0.2) is 4.79 Å². The molecule has 0 amide bonds. The maximum absolute atomic E-state index is 11.7. The number of fused-ring (bicyclic) bond motifs is 1. The lowest BCUT2D eigenvalue weighted by atomic mass is 10.1. The fourth-order valence-electron chi connectivity index (χ4n) is 1.57. The topological polar surface area (TPSA) is 64.2 Å². The quantitative estimate of drug-likeness (QED) is 0.774. The van der Waals surface area contributed by atoms with E-state index in [0.717, 1.165) is 5.69 Å². The number of aromatic nitrogens is 2. The van der Waals surface area contributed by atoms with E-state index in [1.54, 1.807) is 7.11 Å². The van der Waals surface area contributed by atoms with Crippen LogP contribution in [0.3, 0.4) is 0 Å². The van der Waals surface area contributed by atoms with Crippen molar-refractivity contribution in [2.45, 2.75) is 26.1 Å². The van der Waals surface area contributed by atoms with Crippen LogP contribution in [0.4, 0.5) is 0 Å². The molecule has 5 nitrogen and oxygen atoms in total. The molecular formula is C10H14N2O3. The van der Waals surface area contributed by atoms with Crippen LogP contribution in [-0.4, -0.2) is 23.7 Å². The van der Waals surface area contributed by atoms with Crippen molar-refractivity contribution in [3.05, 3.63) is 27.4 Å². The highest BCUT2D eigenvalue weighted by molar-refractivity contribution is 5.19. The Morgan fingerprint density at radius 1 is 1.60 bits per heavy atom. The zero-order chi connectivity index (χ0) is 10.8. The summed E-state index contributed by atoms with van der Waals surface area (Å²) in [4.78, 5) is 18.8. The standard InChI is InChI=1S/C10H14N2O3/c1-6(14-2)9-11-8-3-4-15-5-7(8)10(13)12-9/h6H,3-5H2,1-2H3,(H,11,12,13). The van der Waals surface area contributed by atoms with Gasteiger partial charge in [-0.3, -0.25) is 4.79 Å². The number of hydrogen-bond acceptors (Lipinski definition) is 4. The summed E-state index contributed by atoms with van der Waals surface area (Å²) in [6.45, 7) is 2.84. The van der Waals surface area contributed by atoms with Gasteiger partial charge in [-0.2, -0.15) is 0 Å². The number of ether oxygens (including phenoxy) is 2. The summed E-state index contributed by atoms with van der Waals surface area (Å²) in [6.07, 6.45) is 0.508. The molecule has 1 aromatic heterocycles. The van der Waals surface area contributed by atoms with E-state index < -0.39 is 0 Å². The Morgan fingerprint density at radius 3 is 3.13 bits per heavy atom. The van der Waals surface area contributed by atoms with E-state index in [1.165, 1.54) is 0 Å². The number of hydrogen-bond donors (Lipinski definition) is 1. The molecule has 0 aromatic carbocycles. The number of aromatic amines is 1. The number of rotatable bonds is 2. The molecular weight excluding hydrogens is 196 g/mol. The van der Waals surface area contributed by atoms with E-state index >= 15 is 0 Å². The Hall–Kier alpha value is -1.20. The van der Waals surface area contributed by atoms with Crippen molar-refractivity contribution in [2.24, 2.45) is 0 Å². The van der Waals surface area contributed by atoms with E-state index in [2.05, 4.69) is 9.97 Å². The predicted octanol–water partition coefficient (Wildman–Crippen LogP) is 0.550. The van der Waals surface area contributed by atoms with Crippen LogP contribution >= 0.6 is 0 Å². The average Bonchev–Trinajstić information content (AvgIpc) is 2.28. The summed E-state index contributed by atoms with van der Waals surface area (Å²) in [5.41, 5.74) is 1.37. The Bertz CT molecular complexity index is 414. The van der Waals surface area contributed by atoms with Gasteiger partial charge in [0.1, 0.15) is 11.9 Å². The van der Waals surface area contributed by atoms with Crippen LogP contribution in [0.2, 0.25) is 0 Å². The zero-order valence-electron chi connectivity index (χ0n) is 8.87. The van der Waals surface area contributed by atoms with Gasteiger partial charge < -0.3 is 14.5 Å². The molecule has 82 valence electrons. The molecule has 1 aliphatic heterocycles. The summed E-state index contributed by atoms with van der Waals surface area (Å²) in [7, 11) is 1.59. The molecule has 2 rings (SSSR count). The number of nitrogens with zero attached hydrogens (tertiary/aromatic N) is 1. The van der Waals surface area contributed by atoms with Crippen molar-refractivity contribution in [3.8, 4) is 0 Å². The van der Waals surface area contributed by atoms with Crippen LogP contribution in [-0.2, 0) is 22.5 Å². The molecule has 1 atom stereocenters. The lowest BCUT2D eigenvalue weighted by Gasteiger charge is -2.17. The van der Waals surface area contributed by atoms with Gasteiger partial charge in [0.25, 0.3) is 5.56 Å². The highest BCUT2D eigenvalue weighted by Crippen LogP contribution is 2.14. The Balaban J connectivity index is 2.45. The minimum atomic E-state index is -0.189. The fraction of sp³-hybridized carbons (Fsp3) is 0.600. The maximum atomic E-state index is 11.7. The lowest BCUT2D eigenvalue weighted by Crippen LogP contribution is -2.26. The number of H-pyrrole nitrogens is 1. The van der Waals surface area contributed by atoms with Crippen molar-refractivity contribution >= 4 is 0 Å². The third kappa shape index (κ3) is 1.93. The van der Waals surface area contributed by atoms with Gasteiger partial charge >= 0.3 is 0 Å². The Labute approximate surface area is 87.4 Å². The second-order valence-corrected chi connectivity index (χ2v) is 3.56. The molecule has 0 saturated carbocycles. The van der Waals surface area contributed by atoms with Crippen LogP contribution in [0.5, 0.6) is 0 Å². The molecule has 1 unspecified atom stereocenters. The average molecular weight is 210 g/mol. The zero-order valence-corrected chi connectivity index (χ0v) is 8.87. The Morgan fingerprint density at radius 2 is 2.40 bits per heavy atom. The van der Waals surface area contributed by atoms with E-state index in [1.807, 2.05) is 6.92 Å². The highest BCUT2D eigenvalue weighted by Gasteiger charge is 2.17. The molecule has 0 fully saturated rings. The van der Waals surface area contributed by atoms with Gasteiger partial charge in [0, 0.05) is 13.5 Å². The van der Waals surface area contributed by atoms with Crippen molar-refractivity contribution in [3.63, 3.8) is 0 Å². The molecule has 2 heterocycles. The second-order valence-electron chi connectivity index (χ2n) is 3.56. The van der Waals surface area contributed by atoms with Crippen molar-refractivity contribution in [1.82, 2.24) is 9.97 Å². The van der Waals surface area contributed by atoms with Gasteiger partial charge in [0.2, 0.25) is 0 Å². The SMILES string of the molecule is COC(C)c1nc2c(c(=O)[nH]1)COCC2. The first-order valence-electron chi connectivity index (χ1n) is 4.95. The van der Waals surface area contributed by atoms with E-state index in [0.29, 0.717) is 31.0 Å². The largest absolute Gasteiger partial charge is 0.376 e. The summed E-state index contributed by atoms with van der Waals surface area (Å²) in [6, 6.07) is 0. The second kappa shape index (κ2) is 4.12. The molecule has 1 aromatic rings. The molecule has 0 saturated heterocycles. The minimum Gasteiger partial charge on any atom is -0.376 e. The molecule has 0 radical (unpaired) electrons. The molecule has 0 aliphatic carbocycles. The van der Waals surface area contributed by atoms with Gasteiger partial charge in [-0.1, -0.05) is 0 Å². The van der Waals surface area contributed by atoms with Crippen LogP contribution < -0.4 is 5.56 Å². The number of methoxy groups -OCH3 is 1. The smallest absolute Gasteiger partial charge is 0.256 e. The summed E-state index contributed by atoms with van der Waals surface area (Å²) in [5.74, 6) is 0.586. The molecule has 15 heavy (non-hydrogen) atoms.